The van der Waals surface area contributed by atoms with E-state index < -0.39 is 0 Å². The molecule has 2 aromatic heterocycles. The van der Waals surface area contributed by atoms with E-state index in [1.807, 2.05) is 0 Å². The Labute approximate surface area is 171 Å². The van der Waals surface area contributed by atoms with Gasteiger partial charge in [-0.2, -0.15) is 0 Å². The Kier molecular flexibility index (Phi) is 5.47. The fraction of sp³-hybridized carbons (Fsp3) is 0.368. The Balaban J connectivity index is 1.61. The van der Waals surface area contributed by atoms with Crippen molar-refractivity contribution in [2.75, 3.05) is 25.5 Å². The number of nitrogens with one attached hydrogen (secondary N) is 1. The van der Waals surface area contributed by atoms with Crippen molar-refractivity contribution < 1.29 is 4.92 Å². The average Bonchev–Trinajstić information content (AvgIpc) is 3.04. The Bertz CT molecular complexity index is 1020. The molecule has 0 amide bonds. The van der Waals surface area contributed by atoms with Gasteiger partial charge in [-0.3, -0.25) is 10.1 Å². The fourth-order valence-electron chi connectivity index (χ4n) is 3.32. The molecule has 0 atom stereocenters. The van der Waals surface area contributed by atoms with Gasteiger partial charge in [-0.25, -0.2) is 9.97 Å². The topological polar surface area (TPSA) is 84.2 Å². The highest BCUT2D eigenvalue weighted by atomic mass is 32.2. The molecule has 3 heterocycles. The van der Waals surface area contributed by atoms with Crippen LogP contribution >= 0.6 is 23.1 Å². The molecule has 1 aliphatic rings. The lowest BCUT2D eigenvalue weighted by Gasteiger charge is -2.22. The molecular formula is C19H21N5O2S2. The number of hydrogen-bond acceptors (Lipinski definition) is 8. The molecule has 7 nitrogen and oxygen atoms in total. The first-order chi connectivity index (χ1) is 13.5. The number of nitrogens with zero attached hydrogens (tertiary/aromatic N) is 4. The van der Waals surface area contributed by atoms with Gasteiger partial charge in [0.2, 0.25) is 0 Å². The van der Waals surface area contributed by atoms with Crippen molar-refractivity contribution in [2.45, 2.75) is 30.8 Å². The fourth-order valence-corrected chi connectivity index (χ4v) is 5.48. The van der Waals surface area contributed by atoms with E-state index in [0.717, 1.165) is 47.4 Å². The molecule has 0 aliphatic carbocycles. The predicted octanol–water partition coefficient (Wildman–Crippen LogP) is 4.31. The van der Waals surface area contributed by atoms with Gasteiger partial charge in [0.25, 0.3) is 5.69 Å². The molecule has 28 heavy (non-hydrogen) atoms. The number of hydrogen-bond donors (Lipinski definition) is 1. The molecule has 4 rings (SSSR count). The summed E-state index contributed by atoms with van der Waals surface area (Å²) in [5, 5.41) is 16.1. The third-order valence-electron chi connectivity index (χ3n) is 4.73. The second-order valence-electron chi connectivity index (χ2n) is 6.77. The van der Waals surface area contributed by atoms with E-state index in [4.69, 9.17) is 9.97 Å². The number of likely N-dealkylation sites (N-methyl/N-ethyl adjacent to an activating group) is 1. The molecule has 1 N–H and O–H groups in total. The van der Waals surface area contributed by atoms with Crippen molar-refractivity contribution in [3.63, 3.8) is 0 Å². The number of anilines is 1. The van der Waals surface area contributed by atoms with Crippen LogP contribution in [0.4, 0.5) is 11.5 Å². The maximum absolute atomic E-state index is 10.8. The summed E-state index contributed by atoms with van der Waals surface area (Å²) in [5.41, 5.74) is 2.51. The summed E-state index contributed by atoms with van der Waals surface area (Å²) in [6.07, 6.45) is 1.03. The van der Waals surface area contributed by atoms with Crippen LogP contribution < -0.4 is 5.32 Å². The molecular weight excluding hydrogens is 394 g/mol. The largest absolute Gasteiger partial charge is 0.370 e. The smallest absolute Gasteiger partial charge is 0.269 e. The summed E-state index contributed by atoms with van der Waals surface area (Å²) >= 11 is 3.32. The number of thioether (sulfide) groups is 1. The lowest BCUT2D eigenvalue weighted by molar-refractivity contribution is -0.384. The molecule has 0 unspecified atom stereocenters. The minimum atomic E-state index is -0.382. The highest BCUT2D eigenvalue weighted by Crippen LogP contribution is 2.38. The van der Waals surface area contributed by atoms with E-state index >= 15 is 0 Å². The zero-order chi connectivity index (χ0) is 19.7. The third-order valence-corrected chi connectivity index (χ3v) is 6.76. The Morgan fingerprint density at radius 3 is 2.82 bits per heavy atom. The maximum Gasteiger partial charge on any atom is 0.269 e. The van der Waals surface area contributed by atoms with Crippen LogP contribution in [0.1, 0.15) is 22.9 Å². The first-order valence-electron chi connectivity index (χ1n) is 9.16. The van der Waals surface area contributed by atoms with Crippen molar-refractivity contribution in [3.05, 3.63) is 50.4 Å². The highest BCUT2D eigenvalue weighted by molar-refractivity contribution is 7.98. The van der Waals surface area contributed by atoms with Gasteiger partial charge < -0.3 is 10.2 Å². The van der Waals surface area contributed by atoms with Gasteiger partial charge in [0, 0.05) is 42.4 Å². The van der Waals surface area contributed by atoms with Gasteiger partial charge >= 0.3 is 0 Å². The average molecular weight is 416 g/mol. The highest BCUT2D eigenvalue weighted by Gasteiger charge is 2.23. The number of nitro groups is 1. The van der Waals surface area contributed by atoms with Gasteiger partial charge in [-0.15, -0.1) is 11.3 Å². The summed E-state index contributed by atoms with van der Waals surface area (Å²) in [4.78, 5) is 24.8. The number of benzene rings is 1. The van der Waals surface area contributed by atoms with E-state index in [0.29, 0.717) is 5.75 Å². The van der Waals surface area contributed by atoms with Crippen LogP contribution in [0.2, 0.25) is 0 Å². The van der Waals surface area contributed by atoms with Crippen LogP contribution in [-0.2, 0) is 18.7 Å². The van der Waals surface area contributed by atoms with Gasteiger partial charge in [-0.1, -0.05) is 23.9 Å². The molecule has 9 heteroatoms. The second kappa shape index (κ2) is 8.02. The summed E-state index contributed by atoms with van der Waals surface area (Å²) < 4.78 is 0. The van der Waals surface area contributed by atoms with Crippen LogP contribution in [0.25, 0.3) is 10.2 Å². The third kappa shape index (κ3) is 3.82. The second-order valence-corrected chi connectivity index (χ2v) is 8.80. The number of fused-ring (bicyclic) bond motifs is 3. The molecule has 146 valence electrons. The van der Waals surface area contributed by atoms with E-state index in [1.165, 1.54) is 28.0 Å². The van der Waals surface area contributed by atoms with Gasteiger partial charge in [0.15, 0.2) is 5.16 Å². The normalized spacial score (nSPS) is 14.2. The Hall–Kier alpha value is -2.23. The molecule has 0 spiro atoms. The van der Waals surface area contributed by atoms with Crippen LogP contribution in [-0.4, -0.2) is 39.9 Å². The van der Waals surface area contributed by atoms with Crippen LogP contribution in [0.3, 0.4) is 0 Å². The van der Waals surface area contributed by atoms with Crippen LogP contribution in [0, 0.1) is 10.1 Å². The zero-order valence-corrected chi connectivity index (χ0v) is 17.4. The van der Waals surface area contributed by atoms with E-state index in [2.05, 4.69) is 24.2 Å². The van der Waals surface area contributed by atoms with Gasteiger partial charge in [-0.05, 0) is 31.5 Å². The van der Waals surface area contributed by atoms with E-state index in [9.17, 15) is 10.1 Å². The first-order valence-corrected chi connectivity index (χ1v) is 11.0. The van der Waals surface area contributed by atoms with Crippen molar-refractivity contribution >= 4 is 44.8 Å². The summed E-state index contributed by atoms with van der Waals surface area (Å²) in [7, 11) is 2.15. The van der Waals surface area contributed by atoms with Crippen LogP contribution in [0.15, 0.2) is 29.4 Å². The Morgan fingerprint density at radius 2 is 2.11 bits per heavy atom. The molecule has 0 saturated carbocycles. The van der Waals surface area contributed by atoms with Gasteiger partial charge in [0.1, 0.15) is 10.6 Å². The Morgan fingerprint density at radius 1 is 1.32 bits per heavy atom. The van der Waals surface area contributed by atoms with Crippen molar-refractivity contribution in [2.24, 2.45) is 0 Å². The molecule has 1 aromatic carbocycles. The summed E-state index contributed by atoms with van der Waals surface area (Å²) in [5.74, 6) is 1.59. The molecule has 0 bridgehead atoms. The number of nitro benzene ring substituents is 1. The van der Waals surface area contributed by atoms with E-state index in [-0.39, 0.29) is 10.6 Å². The van der Waals surface area contributed by atoms with Crippen LogP contribution in [0.5, 0.6) is 0 Å². The zero-order valence-electron chi connectivity index (χ0n) is 15.8. The first kappa shape index (κ1) is 19.1. The SMILES string of the molecule is CCNc1nc(SCc2ccc([N+](=O)[O-])cc2)nc2sc3c(c12)CCN(C)C3. The molecule has 1 aliphatic heterocycles. The number of aromatic nitrogens is 2. The minimum absolute atomic E-state index is 0.106. The van der Waals surface area contributed by atoms with Crippen molar-refractivity contribution in [3.8, 4) is 0 Å². The molecule has 0 radical (unpaired) electrons. The van der Waals surface area contributed by atoms with Gasteiger partial charge in [0.05, 0.1) is 10.3 Å². The summed E-state index contributed by atoms with van der Waals surface area (Å²) in [6.45, 7) is 4.90. The standard InChI is InChI=1S/C19H21N5O2S2/c1-3-20-17-16-14-8-9-23(2)10-15(14)28-18(16)22-19(21-17)27-11-12-4-6-13(7-5-12)24(25)26/h4-7H,3,8-11H2,1-2H3,(H,20,21,22). The maximum atomic E-state index is 10.8. The monoisotopic (exact) mass is 415 g/mol. The van der Waals surface area contributed by atoms with Crippen molar-refractivity contribution in [1.29, 1.82) is 0 Å². The number of thiophene rings is 1. The minimum Gasteiger partial charge on any atom is -0.370 e. The quantitative estimate of drug-likeness (QED) is 0.278. The molecule has 0 fully saturated rings. The lowest BCUT2D eigenvalue weighted by atomic mass is 10.1. The molecule has 3 aromatic rings. The summed E-state index contributed by atoms with van der Waals surface area (Å²) in [6, 6.07) is 6.64. The predicted molar refractivity (Wildman–Crippen MR) is 114 cm³/mol. The molecule has 0 saturated heterocycles. The van der Waals surface area contributed by atoms with E-state index in [1.54, 1.807) is 35.2 Å². The number of non-ortho nitro benzene ring substituents is 1. The van der Waals surface area contributed by atoms with Crippen molar-refractivity contribution in [1.82, 2.24) is 14.9 Å². The lowest BCUT2D eigenvalue weighted by Crippen LogP contribution is -2.25. The number of rotatable bonds is 6.